The largest absolute Gasteiger partial charge is 0.444 e. The van der Waals surface area contributed by atoms with Gasteiger partial charge in [0.05, 0.1) is 11.1 Å². The fraction of sp³-hybridized carbons (Fsp3) is 0.292. The van der Waals surface area contributed by atoms with E-state index in [0.29, 0.717) is 11.3 Å². The van der Waals surface area contributed by atoms with Gasteiger partial charge >= 0.3 is 6.09 Å². The molecular weight excluding hydrogens is 440 g/mol. The van der Waals surface area contributed by atoms with Crippen LogP contribution >= 0.6 is 0 Å². The van der Waals surface area contributed by atoms with E-state index >= 15 is 0 Å². The average molecular weight is 466 g/mol. The van der Waals surface area contributed by atoms with Crippen molar-refractivity contribution in [1.82, 2.24) is 15.5 Å². The van der Waals surface area contributed by atoms with Gasteiger partial charge in [0.1, 0.15) is 18.7 Å². The van der Waals surface area contributed by atoms with Gasteiger partial charge in [-0.25, -0.2) is 4.79 Å². The maximum absolute atomic E-state index is 12.5. The van der Waals surface area contributed by atoms with Gasteiger partial charge < -0.3 is 20.7 Å². The van der Waals surface area contributed by atoms with Crippen LogP contribution in [0.15, 0.2) is 48.5 Å². The quantitative estimate of drug-likeness (QED) is 0.535. The van der Waals surface area contributed by atoms with Crippen LogP contribution in [0.3, 0.4) is 0 Å². The monoisotopic (exact) mass is 466 g/mol. The van der Waals surface area contributed by atoms with Gasteiger partial charge in [-0.1, -0.05) is 24.3 Å². The van der Waals surface area contributed by atoms with Crippen LogP contribution < -0.4 is 16.0 Å². The summed E-state index contributed by atoms with van der Waals surface area (Å²) in [6.07, 6.45) is -0.689. The second-order valence-electron chi connectivity index (χ2n) is 8.62. The maximum atomic E-state index is 12.5. The summed E-state index contributed by atoms with van der Waals surface area (Å²) in [6, 6.07) is 13.2. The molecule has 3 rings (SSSR count). The molecule has 0 aliphatic carbocycles. The number of anilines is 1. The fourth-order valence-corrected chi connectivity index (χ4v) is 3.22. The van der Waals surface area contributed by atoms with Crippen molar-refractivity contribution in [3.05, 3.63) is 65.2 Å². The molecule has 3 N–H and O–H groups in total. The smallest absolute Gasteiger partial charge is 0.408 e. The Kier molecular flexibility index (Phi) is 7.30. The lowest BCUT2D eigenvalue weighted by Crippen LogP contribution is -2.39. The van der Waals surface area contributed by atoms with Gasteiger partial charge in [-0.15, -0.1) is 0 Å². The zero-order valence-electron chi connectivity index (χ0n) is 19.1. The number of carbonyl (C=O) groups excluding carboxylic acids is 5. The number of rotatable bonds is 7. The Bertz CT molecular complexity index is 1100. The standard InChI is InChI=1S/C24H26N4O6/c1-24(2,3)34-23(33)26-13-19(29)25-12-15-7-6-8-16(11-15)27-20(30)14-28-21(31)17-9-4-5-10-18(17)22(28)32/h4-11H,12-14H2,1-3H3,(H,25,29)(H,26,33)(H,27,30). The van der Waals surface area contributed by atoms with Crippen molar-refractivity contribution in [3.8, 4) is 0 Å². The van der Waals surface area contributed by atoms with Gasteiger partial charge in [-0.3, -0.25) is 24.1 Å². The first-order valence-electron chi connectivity index (χ1n) is 10.6. The van der Waals surface area contributed by atoms with E-state index in [-0.39, 0.29) is 24.2 Å². The molecule has 10 heteroatoms. The molecule has 34 heavy (non-hydrogen) atoms. The Hall–Kier alpha value is -4.21. The summed E-state index contributed by atoms with van der Waals surface area (Å²) in [5.41, 5.74) is 1.04. The van der Waals surface area contributed by atoms with Crippen molar-refractivity contribution >= 4 is 35.4 Å². The minimum absolute atomic E-state index is 0.164. The molecule has 2 aromatic carbocycles. The number of fused-ring (bicyclic) bond motifs is 1. The van der Waals surface area contributed by atoms with Crippen molar-refractivity contribution in [1.29, 1.82) is 0 Å². The number of ether oxygens (including phenoxy) is 1. The Morgan fingerprint density at radius 1 is 0.882 bits per heavy atom. The third-order valence-electron chi connectivity index (χ3n) is 4.67. The van der Waals surface area contributed by atoms with Crippen molar-refractivity contribution in [2.75, 3.05) is 18.4 Å². The molecule has 2 aromatic rings. The van der Waals surface area contributed by atoms with Crippen LogP contribution in [0.25, 0.3) is 0 Å². The van der Waals surface area contributed by atoms with Crippen molar-refractivity contribution in [2.45, 2.75) is 32.9 Å². The predicted molar refractivity (Wildman–Crippen MR) is 123 cm³/mol. The number of alkyl carbamates (subject to hydrolysis) is 1. The highest BCUT2D eigenvalue weighted by atomic mass is 16.6. The van der Waals surface area contributed by atoms with Gasteiger partial charge in [0.2, 0.25) is 11.8 Å². The van der Waals surface area contributed by atoms with Crippen molar-refractivity contribution in [2.24, 2.45) is 0 Å². The van der Waals surface area contributed by atoms with E-state index in [4.69, 9.17) is 4.74 Å². The molecule has 1 heterocycles. The van der Waals surface area contributed by atoms with Crippen molar-refractivity contribution < 1.29 is 28.7 Å². The number of amides is 5. The zero-order valence-corrected chi connectivity index (χ0v) is 19.1. The number of benzene rings is 2. The molecule has 10 nitrogen and oxygen atoms in total. The molecule has 0 radical (unpaired) electrons. The van der Waals surface area contributed by atoms with Gasteiger partial charge in [0.25, 0.3) is 11.8 Å². The van der Waals surface area contributed by atoms with Crippen LogP contribution in [-0.2, 0) is 20.9 Å². The molecule has 5 amide bonds. The molecule has 1 aliphatic heterocycles. The summed E-state index contributed by atoms with van der Waals surface area (Å²) < 4.78 is 5.07. The van der Waals surface area contributed by atoms with Crippen LogP contribution in [0.1, 0.15) is 47.1 Å². The van der Waals surface area contributed by atoms with E-state index in [2.05, 4.69) is 16.0 Å². The maximum Gasteiger partial charge on any atom is 0.408 e. The van der Waals surface area contributed by atoms with Gasteiger partial charge in [-0.05, 0) is 50.6 Å². The molecule has 0 saturated heterocycles. The highest BCUT2D eigenvalue weighted by Crippen LogP contribution is 2.22. The van der Waals surface area contributed by atoms with E-state index in [0.717, 1.165) is 4.90 Å². The summed E-state index contributed by atoms with van der Waals surface area (Å²) in [4.78, 5) is 61.8. The van der Waals surface area contributed by atoms with Gasteiger partial charge in [0, 0.05) is 12.2 Å². The molecule has 0 aromatic heterocycles. The summed E-state index contributed by atoms with van der Waals surface area (Å²) in [7, 11) is 0. The normalized spacial score (nSPS) is 12.7. The Morgan fingerprint density at radius 3 is 2.15 bits per heavy atom. The van der Waals surface area contributed by atoms with Crippen molar-refractivity contribution in [3.63, 3.8) is 0 Å². The minimum Gasteiger partial charge on any atom is -0.444 e. The minimum atomic E-state index is -0.689. The third kappa shape index (κ3) is 6.41. The molecule has 0 unspecified atom stereocenters. The van der Waals surface area contributed by atoms with Crippen LogP contribution in [-0.4, -0.2) is 53.3 Å². The predicted octanol–water partition coefficient (Wildman–Crippen LogP) is 2.06. The number of imide groups is 1. The number of hydrogen-bond donors (Lipinski definition) is 3. The SMILES string of the molecule is CC(C)(C)OC(=O)NCC(=O)NCc1cccc(NC(=O)CN2C(=O)c3ccccc3C2=O)c1. The van der Waals surface area contributed by atoms with E-state index < -0.39 is 41.9 Å². The number of hydrogen-bond acceptors (Lipinski definition) is 6. The highest BCUT2D eigenvalue weighted by molar-refractivity contribution is 6.22. The lowest BCUT2D eigenvalue weighted by molar-refractivity contribution is -0.120. The number of nitrogens with one attached hydrogen (secondary N) is 3. The molecule has 0 fully saturated rings. The summed E-state index contributed by atoms with van der Waals surface area (Å²) in [5.74, 6) is -1.96. The molecule has 0 bridgehead atoms. The molecule has 178 valence electrons. The Labute approximate surface area is 196 Å². The first-order chi connectivity index (χ1) is 16.0. The number of nitrogens with zero attached hydrogens (tertiary/aromatic N) is 1. The number of carbonyl (C=O) groups is 5. The van der Waals surface area contributed by atoms with Crippen LogP contribution in [0.4, 0.5) is 10.5 Å². The van der Waals surface area contributed by atoms with Crippen LogP contribution in [0, 0.1) is 0 Å². The van der Waals surface area contributed by atoms with Crippen LogP contribution in [0.2, 0.25) is 0 Å². The average Bonchev–Trinajstić information content (AvgIpc) is 3.00. The molecular formula is C24H26N4O6. The fourth-order valence-electron chi connectivity index (χ4n) is 3.22. The molecule has 0 atom stereocenters. The van der Waals surface area contributed by atoms with Gasteiger partial charge in [-0.2, -0.15) is 0 Å². The summed E-state index contributed by atoms with van der Waals surface area (Å²) in [5, 5.41) is 7.68. The first kappa shape index (κ1) is 24.4. The topological polar surface area (TPSA) is 134 Å². The van der Waals surface area contributed by atoms with E-state index in [1.54, 1.807) is 69.3 Å². The lowest BCUT2D eigenvalue weighted by atomic mass is 10.1. The first-order valence-corrected chi connectivity index (χ1v) is 10.6. The summed E-state index contributed by atoms with van der Waals surface area (Å²) in [6.45, 7) is 4.67. The zero-order chi connectivity index (χ0) is 24.9. The highest BCUT2D eigenvalue weighted by Gasteiger charge is 2.36. The molecule has 0 spiro atoms. The second kappa shape index (κ2) is 10.2. The second-order valence-corrected chi connectivity index (χ2v) is 8.62. The van der Waals surface area contributed by atoms with E-state index in [1.807, 2.05) is 0 Å². The Balaban J connectivity index is 1.48. The lowest BCUT2D eigenvalue weighted by Gasteiger charge is -2.19. The Morgan fingerprint density at radius 2 is 1.53 bits per heavy atom. The molecule has 1 aliphatic rings. The van der Waals surface area contributed by atoms with Gasteiger partial charge in [0.15, 0.2) is 0 Å². The summed E-state index contributed by atoms with van der Waals surface area (Å²) >= 11 is 0. The van der Waals surface area contributed by atoms with Crippen LogP contribution in [0.5, 0.6) is 0 Å². The van der Waals surface area contributed by atoms with E-state index in [1.165, 1.54) is 0 Å². The molecule has 0 saturated carbocycles. The van der Waals surface area contributed by atoms with E-state index in [9.17, 15) is 24.0 Å². The third-order valence-corrected chi connectivity index (χ3v) is 4.67.